The summed E-state index contributed by atoms with van der Waals surface area (Å²) in [5, 5.41) is 0. The summed E-state index contributed by atoms with van der Waals surface area (Å²) in [5.74, 6) is 0. The molecule has 1 rings (SSSR count). The van der Waals surface area contributed by atoms with E-state index in [4.69, 9.17) is 10.5 Å². The van der Waals surface area contributed by atoms with Gasteiger partial charge in [-0.1, -0.05) is 0 Å². The van der Waals surface area contributed by atoms with Crippen molar-refractivity contribution in [3.05, 3.63) is 11.3 Å². The number of aliphatic imine (C=N–C) groups is 1. The average molecular weight is 267 g/mol. The molecule has 5 heteroatoms. The zero-order valence-electron chi connectivity index (χ0n) is 12.6. The number of carbonyl (C=O) groups excluding carboxylic acids is 1. The first-order valence-electron chi connectivity index (χ1n) is 6.64. The highest BCUT2D eigenvalue weighted by Gasteiger charge is 2.34. The molecule has 19 heavy (non-hydrogen) atoms. The van der Waals surface area contributed by atoms with Crippen LogP contribution < -0.4 is 5.73 Å². The molecule has 0 radical (unpaired) electrons. The van der Waals surface area contributed by atoms with Gasteiger partial charge in [0.25, 0.3) is 0 Å². The topological polar surface area (TPSA) is 67.9 Å². The second-order valence-electron chi connectivity index (χ2n) is 5.86. The van der Waals surface area contributed by atoms with Crippen LogP contribution in [0.3, 0.4) is 0 Å². The van der Waals surface area contributed by atoms with Crippen LogP contribution in [0.25, 0.3) is 0 Å². The van der Waals surface area contributed by atoms with E-state index in [0.717, 1.165) is 18.4 Å². The van der Waals surface area contributed by atoms with E-state index < -0.39 is 5.60 Å². The van der Waals surface area contributed by atoms with Crippen LogP contribution in [-0.4, -0.2) is 42.4 Å². The molecule has 5 nitrogen and oxygen atoms in total. The number of nitrogens with zero attached hydrogens (tertiary/aromatic N) is 2. The quantitative estimate of drug-likeness (QED) is 0.781. The second kappa shape index (κ2) is 6.08. The summed E-state index contributed by atoms with van der Waals surface area (Å²) in [5.41, 5.74) is 7.03. The van der Waals surface area contributed by atoms with Gasteiger partial charge in [0, 0.05) is 31.1 Å². The van der Waals surface area contributed by atoms with Crippen molar-refractivity contribution in [3.8, 4) is 0 Å². The van der Waals surface area contributed by atoms with Crippen molar-refractivity contribution in [3.63, 3.8) is 0 Å². The van der Waals surface area contributed by atoms with Gasteiger partial charge in [-0.3, -0.25) is 4.99 Å². The summed E-state index contributed by atoms with van der Waals surface area (Å²) in [4.78, 5) is 18.0. The third-order valence-corrected chi connectivity index (χ3v) is 2.96. The minimum atomic E-state index is -0.481. The van der Waals surface area contributed by atoms with Gasteiger partial charge in [-0.2, -0.15) is 0 Å². The fraction of sp³-hybridized carbons (Fsp3) is 0.714. The number of amides is 1. The summed E-state index contributed by atoms with van der Waals surface area (Å²) < 4.78 is 5.44. The number of likely N-dealkylation sites (tertiary alicyclic amines) is 1. The van der Waals surface area contributed by atoms with E-state index in [0.29, 0.717) is 12.2 Å². The van der Waals surface area contributed by atoms with Crippen molar-refractivity contribution in [2.75, 3.05) is 13.6 Å². The maximum absolute atomic E-state index is 12.2. The summed E-state index contributed by atoms with van der Waals surface area (Å²) in [7, 11) is 1.70. The molecule has 1 atom stereocenters. The minimum absolute atomic E-state index is 0.0245. The normalized spacial score (nSPS) is 21.7. The van der Waals surface area contributed by atoms with E-state index in [1.165, 1.54) is 0 Å². The van der Waals surface area contributed by atoms with Crippen molar-refractivity contribution in [1.29, 1.82) is 0 Å². The molecule has 2 N–H and O–H groups in total. The average Bonchev–Trinajstić information content (AvgIpc) is 2.71. The fourth-order valence-corrected chi connectivity index (χ4v) is 2.22. The molecule has 0 aliphatic carbocycles. The van der Waals surface area contributed by atoms with Crippen molar-refractivity contribution < 1.29 is 9.53 Å². The van der Waals surface area contributed by atoms with Crippen LogP contribution in [0.2, 0.25) is 0 Å². The summed E-state index contributed by atoms with van der Waals surface area (Å²) in [6.45, 7) is 8.15. The zero-order chi connectivity index (χ0) is 14.6. The van der Waals surface area contributed by atoms with Crippen LogP contribution >= 0.6 is 0 Å². The van der Waals surface area contributed by atoms with Gasteiger partial charge in [0.15, 0.2) is 0 Å². The molecule has 1 aliphatic rings. The van der Waals surface area contributed by atoms with Gasteiger partial charge >= 0.3 is 6.09 Å². The van der Waals surface area contributed by atoms with E-state index in [1.807, 2.05) is 27.7 Å². The highest BCUT2D eigenvalue weighted by Crippen LogP contribution is 2.26. The first-order chi connectivity index (χ1) is 8.76. The maximum Gasteiger partial charge on any atom is 0.410 e. The first kappa shape index (κ1) is 15.5. The number of nitrogens with two attached hydrogens (primary N) is 1. The SMILES string of the molecule is CN=CC(=C(C)N)[C@@H]1CCCN1C(=O)OC(C)(C)C. The van der Waals surface area contributed by atoms with E-state index in [-0.39, 0.29) is 12.1 Å². The van der Waals surface area contributed by atoms with Gasteiger partial charge < -0.3 is 15.4 Å². The number of carbonyl (C=O) groups is 1. The minimum Gasteiger partial charge on any atom is -0.444 e. The molecule has 0 bridgehead atoms. The van der Waals surface area contributed by atoms with Crippen LogP contribution in [-0.2, 0) is 4.74 Å². The number of allylic oxidation sites excluding steroid dienone is 1. The molecule has 0 unspecified atom stereocenters. The van der Waals surface area contributed by atoms with E-state index in [2.05, 4.69) is 4.99 Å². The van der Waals surface area contributed by atoms with Crippen LogP contribution in [0.5, 0.6) is 0 Å². The number of hydrogen-bond donors (Lipinski definition) is 1. The Morgan fingerprint density at radius 1 is 1.47 bits per heavy atom. The molecule has 1 heterocycles. The molecule has 1 amide bonds. The second-order valence-corrected chi connectivity index (χ2v) is 5.86. The molecule has 0 aromatic rings. The Hall–Kier alpha value is -1.52. The largest absolute Gasteiger partial charge is 0.444 e. The lowest BCUT2D eigenvalue weighted by Crippen LogP contribution is -2.41. The van der Waals surface area contributed by atoms with Gasteiger partial charge in [-0.15, -0.1) is 0 Å². The fourth-order valence-electron chi connectivity index (χ4n) is 2.22. The molecule has 108 valence electrons. The van der Waals surface area contributed by atoms with E-state index in [9.17, 15) is 4.79 Å². The predicted molar refractivity (Wildman–Crippen MR) is 77.3 cm³/mol. The molecule has 0 spiro atoms. The Balaban J connectivity index is 2.90. The molecular weight excluding hydrogens is 242 g/mol. The highest BCUT2D eigenvalue weighted by molar-refractivity contribution is 5.83. The van der Waals surface area contributed by atoms with Crippen molar-refractivity contribution >= 4 is 12.3 Å². The third kappa shape index (κ3) is 4.26. The number of hydrogen-bond acceptors (Lipinski definition) is 4. The first-order valence-corrected chi connectivity index (χ1v) is 6.64. The van der Waals surface area contributed by atoms with Crippen molar-refractivity contribution in [1.82, 2.24) is 4.90 Å². The number of ether oxygens (including phenoxy) is 1. The Morgan fingerprint density at radius 2 is 2.11 bits per heavy atom. The summed E-state index contributed by atoms with van der Waals surface area (Å²) >= 11 is 0. The Bertz CT molecular complexity index is 390. The van der Waals surface area contributed by atoms with Gasteiger partial charge in [0.05, 0.1) is 6.04 Å². The zero-order valence-corrected chi connectivity index (χ0v) is 12.6. The standard InChI is InChI=1S/C14H25N3O2/c1-10(15)11(9-16-5)12-7-6-8-17(12)13(18)19-14(2,3)4/h9,12H,6-8,15H2,1-5H3/t12-/m0/s1. The lowest BCUT2D eigenvalue weighted by molar-refractivity contribution is 0.0252. The number of rotatable bonds is 2. The lowest BCUT2D eigenvalue weighted by atomic mass is 10.0. The van der Waals surface area contributed by atoms with Gasteiger partial charge in [-0.05, 0) is 40.5 Å². The van der Waals surface area contributed by atoms with Crippen LogP contribution in [0.15, 0.2) is 16.3 Å². The summed E-state index contributed by atoms with van der Waals surface area (Å²) in [6, 6.07) is -0.0245. The van der Waals surface area contributed by atoms with Gasteiger partial charge in [0.1, 0.15) is 5.60 Å². The molecule has 1 fully saturated rings. The summed E-state index contributed by atoms with van der Waals surface area (Å²) in [6.07, 6.45) is 3.31. The van der Waals surface area contributed by atoms with E-state index >= 15 is 0 Å². The van der Waals surface area contributed by atoms with Gasteiger partial charge in [-0.25, -0.2) is 4.79 Å². The molecule has 0 aromatic carbocycles. The van der Waals surface area contributed by atoms with Crippen LogP contribution in [0.4, 0.5) is 4.79 Å². The smallest absolute Gasteiger partial charge is 0.410 e. The van der Waals surface area contributed by atoms with Crippen LogP contribution in [0, 0.1) is 0 Å². The molecule has 0 aromatic heterocycles. The monoisotopic (exact) mass is 267 g/mol. The maximum atomic E-state index is 12.2. The van der Waals surface area contributed by atoms with Crippen molar-refractivity contribution in [2.24, 2.45) is 10.7 Å². The predicted octanol–water partition coefficient (Wildman–Crippen LogP) is 2.32. The molecular formula is C14H25N3O2. The molecule has 0 saturated carbocycles. The Morgan fingerprint density at radius 3 is 2.58 bits per heavy atom. The Labute approximate surface area is 115 Å². The highest BCUT2D eigenvalue weighted by atomic mass is 16.6. The molecule has 1 saturated heterocycles. The lowest BCUT2D eigenvalue weighted by Gasteiger charge is -2.29. The Kier molecular flexibility index (Phi) is 4.97. The van der Waals surface area contributed by atoms with Gasteiger partial charge in [0.2, 0.25) is 0 Å². The molecule has 1 aliphatic heterocycles. The third-order valence-electron chi connectivity index (χ3n) is 2.96. The van der Waals surface area contributed by atoms with Crippen molar-refractivity contribution in [2.45, 2.75) is 52.2 Å². The van der Waals surface area contributed by atoms with E-state index in [1.54, 1.807) is 18.2 Å². The van der Waals surface area contributed by atoms with Crippen LogP contribution in [0.1, 0.15) is 40.5 Å².